The van der Waals surface area contributed by atoms with Crippen molar-refractivity contribution in [3.63, 3.8) is 0 Å². The first kappa shape index (κ1) is 24.8. The van der Waals surface area contributed by atoms with Gasteiger partial charge >= 0.3 is 0 Å². The number of amides is 2. The molecule has 8 heteroatoms. The Kier molecular flexibility index (Phi) is 9.19. The van der Waals surface area contributed by atoms with Gasteiger partial charge in [-0.05, 0) is 36.8 Å². The van der Waals surface area contributed by atoms with Crippen LogP contribution in [0.3, 0.4) is 0 Å². The number of halogens is 1. The maximum atomic E-state index is 12.7. The molecule has 1 aromatic carbocycles. The molecule has 2 amide bonds. The maximum absolute atomic E-state index is 12.7. The van der Waals surface area contributed by atoms with Crippen LogP contribution in [0.5, 0.6) is 0 Å². The predicted octanol–water partition coefficient (Wildman–Crippen LogP) is 2.88. The molecule has 2 aliphatic heterocycles. The molecular weight excluding hydrogens is 517 g/mol. The van der Waals surface area contributed by atoms with Gasteiger partial charge in [-0.25, -0.2) is 0 Å². The van der Waals surface area contributed by atoms with E-state index >= 15 is 0 Å². The quantitative estimate of drug-likeness (QED) is 0.323. The van der Waals surface area contributed by atoms with E-state index < -0.39 is 0 Å². The predicted molar refractivity (Wildman–Crippen MR) is 137 cm³/mol. The summed E-state index contributed by atoms with van der Waals surface area (Å²) in [6, 6.07) is 8.50. The zero-order valence-corrected chi connectivity index (χ0v) is 21.3. The van der Waals surface area contributed by atoms with Crippen LogP contribution in [0.1, 0.15) is 56.1 Å². The molecule has 2 saturated heterocycles. The van der Waals surface area contributed by atoms with Crippen molar-refractivity contribution in [2.75, 3.05) is 26.7 Å². The Labute approximate surface area is 208 Å². The highest BCUT2D eigenvalue weighted by Gasteiger charge is 2.32. The third kappa shape index (κ3) is 6.14. The Morgan fingerprint density at radius 2 is 1.84 bits per heavy atom. The van der Waals surface area contributed by atoms with E-state index in [1.165, 1.54) is 24.0 Å². The summed E-state index contributed by atoms with van der Waals surface area (Å²) in [4.78, 5) is 33.1. The van der Waals surface area contributed by atoms with Crippen LogP contribution in [0.4, 0.5) is 0 Å². The van der Waals surface area contributed by atoms with Gasteiger partial charge in [-0.2, -0.15) is 0 Å². The highest BCUT2D eigenvalue weighted by Crippen LogP contribution is 2.27. The second kappa shape index (κ2) is 11.9. The zero-order chi connectivity index (χ0) is 21.6. The lowest BCUT2D eigenvalue weighted by Crippen LogP contribution is -2.45. The second-order valence-corrected chi connectivity index (χ2v) is 9.01. The maximum Gasteiger partial charge on any atom is 0.225 e. The smallest absolute Gasteiger partial charge is 0.225 e. The van der Waals surface area contributed by atoms with Crippen molar-refractivity contribution in [3.8, 4) is 0 Å². The van der Waals surface area contributed by atoms with E-state index in [2.05, 4.69) is 27.8 Å². The number of likely N-dealkylation sites (tertiary alicyclic amines) is 2. The zero-order valence-electron chi connectivity index (χ0n) is 19.0. The Balaban J connectivity index is 0.00000289. The van der Waals surface area contributed by atoms with Gasteiger partial charge in [0.2, 0.25) is 11.8 Å². The molecule has 2 heterocycles. The number of guanidine groups is 1. The van der Waals surface area contributed by atoms with Gasteiger partial charge in [0.15, 0.2) is 5.96 Å². The average Bonchev–Trinajstić information content (AvgIpc) is 3.55. The van der Waals surface area contributed by atoms with E-state index in [-0.39, 0.29) is 41.8 Å². The number of hydrogen-bond acceptors (Lipinski definition) is 3. The molecule has 0 radical (unpaired) electrons. The van der Waals surface area contributed by atoms with E-state index in [1.807, 2.05) is 21.9 Å². The van der Waals surface area contributed by atoms with Gasteiger partial charge in [-0.3, -0.25) is 14.6 Å². The standard InChI is InChI=1S/C24H35N5O2.HI/c1-25-24(27-21-12-14-29(17-21)23(31)18-7-2-3-8-18)26-15-19-9-4-5-10-20(19)16-28-13-6-11-22(28)30;/h4-5,9-10,18,21H,2-3,6-8,11-17H2,1H3,(H2,25,26,27);1H. The van der Waals surface area contributed by atoms with Gasteiger partial charge in [0, 0.05) is 58.2 Å². The normalized spacial score (nSPS) is 21.7. The Bertz CT molecular complexity index is 824. The number of carbonyl (C=O) groups excluding carboxylic acids is 2. The number of hydrogen-bond donors (Lipinski definition) is 2. The van der Waals surface area contributed by atoms with Crippen LogP contribution in [0.15, 0.2) is 29.3 Å². The lowest BCUT2D eigenvalue weighted by atomic mass is 10.1. The molecule has 4 rings (SSSR count). The molecule has 1 saturated carbocycles. The fraction of sp³-hybridized carbons (Fsp3) is 0.625. The molecule has 0 spiro atoms. The second-order valence-electron chi connectivity index (χ2n) is 9.01. The van der Waals surface area contributed by atoms with Crippen LogP contribution in [-0.4, -0.2) is 60.3 Å². The van der Waals surface area contributed by atoms with E-state index in [4.69, 9.17) is 0 Å². The highest BCUT2D eigenvalue weighted by atomic mass is 127. The molecule has 1 aliphatic carbocycles. The molecule has 1 atom stereocenters. The number of rotatable bonds is 6. The van der Waals surface area contributed by atoms with Gasteiger partial charge < -0.3 is 20.4 Å². The fourth-order valence-electron chi connectivity index (χ4n) is 5.04. The number of benzene rings is 1. The summed E-state index contributed by atoms with van der Waals surface area (Å²) in [5.74, 6) is 1.59. The summed E-state index contributed by atoms with van der Waals surface area (Å²) in [5, 5.41) is 6.91. The lowest BCUT2D eigenvalue weighted by Gasteiger charge is -2.22. The van der Waals surface area contributed by atoms with Crippen LogP contribution < -0.4 is 10.6 Å². The molecule has 0 aromatic heterocycles. The third-order valence-electron chi connectivity index (χ3n) is 6.87. The summed E-state index contributed by atoms with van der Waals surface area (Å²) >= 11 is 0. The van der Waals surface area contributed by atoms with Gasteiger partial charge in [0.1, 0.15) is 0 Å². The van der Waals surface area contributed by atoms with Crippen molar-refractivity contribution in [1.82, 2.24) is 20.4 Å². The SMILES string of the molecule is CN=C(NCc1ccccc1CN1CCCC1=O)NC1CCN(C(=O)C2CCCC2)C1.I. The first-order chi connectivity index (χ1) is 15.1. The summed E-state index contributed by atoms with van der Waals surface area (Å²) in [7, 11) is 1.78. The summed E-state index contributed by atoms with van der Waals surface area (Å²) in [5.41, 5.74) is 2.35. The number of aliphatic imine (C=N–C) groups is 1. The van der Waals surface area contributed by atoms with Crippen molar-refractivity contribution in [3.05, 3.63) is 35.4 Å². The molecule has 3 fully saturated rings. The van der Waals surface area contributed by atoms with E-state index in [0.29, 0.717) is 25.4 Å². The largest absolute Gasteiger partial charge is 0.352 e. The fourth-order valence-corrected chi connectivity index (χ4v) is 5.04. The summed E-state index contributed by atoms with van der Waals surface area (Å²) in [6.45, 7) is 3.75. The molecule has 3 aliphatic rings. The Morgan fingerprint density at radius 3 is 2.53 bits per heavy atom. The van der Waals surface area contributed by atoms with Crippen molar-refractivity contribution in [2.24, 2.45) is 10.9 Å². The highest BCUT2D eigenvalue weighted by molar-refractivity contribution is 14.0. The summed E-state index contributed by atoms with van der Waals surface area (Å²) in [6.07, 6.45) is 7.06. The molecule has 7 nitrogen and oxygen atoms in total. The van der Waals surface area contributed by atoms with Crippen molar-refractivity contribution < 1.29 is 9.59 Å². The van der Waals surface area contributed by atoms with Crippen LogP contribution in [0.25, 0.3) is 0 Å². The first-order valence-corrected chi connectivity index (χ1v) is 11.7. The minimum Gasteiger partial charge on any atom is -0.352 e. The van der Waals surface area contributed by atoms with Gasteiger partial charge in [-0.15, -0.1) is 24.0 Å². The Hall–Kier alpha value is -1.84. The Morgan fingerprint density at radius 1 is 1.09 bits per heavy atom. The van der Waals surface area contributed by atoms with Crippen LogP contribution in [0, 0.1) is 5.92 Å². The summed E-state index contributed by atoms with van der Waals surface area (Å²) < 4.78 is 0. The van der Waals surface area contributed by atoms with E-state index in [0.717, 1.165) is 51.3 Å². The number of nitrogens with zero attached hydrogens (tertiary/aromatic N) is 3. The molecule has 1 unspecified atom stereocenters. The first-order valence-electron chi connectivity index (χ1n) is 11.7. The molecule has 0 bridgehead atoms. The monoisotopic (exact) mass is 553 g/mol. The van der Waals surface area contributed by atoms with Gasteiger partial charge in [-0.1, -0.05) is 37.1 Å². The van der Waals surface area contributed by atoms with Crippen molar-refractivity contribution in [1.29, 1.82) is 0 Å². The van der Waals surface area contributed by atoms with Crippen molar-refractivity contribution >= 4 is 41.8 Å². The van der Waals surface area contributed by atoms with Gasteiger partial charge in [0.25, 0.3) is 0 Å². The third-order valence-corrected chi connectivity index (χ3v) is 6.87. The molecular formula is C24H36IN5O2. The molecule has 1 aromatic rings. The van der Waals surface area contributed by atoms with Crippen LogP contribution in [-0.2, 0) is 22.7 Å². The molecule has 2 N–H and O–H groups in total. The van der Waals surface area contributed by atoms with Crippen LogP contribution >= 0.6 is 24.0 Å². The van der Waals surface area contributed by atoms with Crippen LogP contribution in [0.2, 0.25) is 0 Å². The number of nitrogens with one attached hydrogen (secondary N) is 2. The lowest BCUT2D eigenvalue weighted by molar-refractivity contribution is -0.134. The van der Waals surface area contributed by atoms with E-state index in [9.17, 15) is 9.59 Å². The number of carbonyl (C=O) groups is 2. The molecule has 32 heavy (non-hydrogen) atoms. The van der Waals surface area contributed by atoms with Crippen molar-refractivity contribution in [2.45, 2.75) is 64.1 Å². The average molecular weight is 553 g/mol. The van der Waals surface area contributed by atoms with E-state index in [1.54, 1.807) is 7.05 Å². The van der Waals surface area contributed by atoms with Gasteiger partial charge in [0.05, 0.1) is 0 Å². The minimum absolute atomic E-state index is 0. The topological polar surface area (TPSA) is 77.0 Å². The minimum atomic E-state index is 0. The molecule has 176 valence electrons.